The SMILES string of the molecule is CCCS(=O)(=O)c1ncc(CN(C)Cc2nccn2CC)n1C[C@H]1CCCO1. The third-order valence-corrected chi connectivity index (χ3v) is 6.88. The lowest BCUT2D eigenvalue weighted by Crippen LogP contribution is -2.25. The van der Waals surface area contributed by atoms with Crippen LogP contribution in [0.4, 0.5) is 0 Å². The monoisotopic (exact) mass is 409 g/mol. The van der Waals surface area contributed by atoms with Crippen molar-refractivity contribution in [3.05, 3.63) is 30.1 Å². The third-order valence-electron chi connectivity index (χ3n) is 5.05. The maximum Gasteiger partial charge on any atom is 0.227 e. The van der Waals surface area contributed by atoms with Gasteiger partial charge < -0.3 is 13.9 Å². The zero-order valence-corrected chi connectivity index (χ0v) is 17.9. The first kappa shape index (κ1) is 21.0. The molecule has 1 saturated heterocycles. The second kappa shape index (κ2) is 9.19. The molecule has 0 saturated carbocycles. The number of nitrogens with zero attached hydrogens (tertiary/aromatic N) is 5. The molecule has 28 heavy (non-hydrogen) atoms. The van der Waals surface area contributed by atoms with E-state index in [9.17, 15) is 8.42 Å². The minimum atomic E-state index is -3.40. The minimum absolute atomic E-state index is 0.0489. The van der Waals surface area contributed by atoms with Crippen LogP contribution in [0.3, 0.4) is 0 Å². The fourth-order valence-corrected chi connectivity index (χ4v) is 5.13. The van der Waals surface area contributed by atoms with Gasteiger partial charge in [0.2, 0.25) is 15.0 Å². The van der Waals surface area contributed by atoms with E-state index in [1.165, 1.54) is 0 Å². The van der Waals surface area contributed by atoms with Crippen LogP contribution in [0.2, 0.25) is 0 Å². The van der Waals surface area contributed by atoms with Crippen molar-refractivity contribution < 1.29 is 13.2 Å². The van der Waals surface area contributed by atoms with Crippen LogP contribution in [-0.2, 0) is 40.8 Å². The van der Waals surface area contributed by atoms with Gasteiger partial charge in [0.05, 0.1) is 36.8 Å². The van der Waals surface area contributed by atoms with E-state index in [4.69, 9.17) is 4.74 Å². The number of aromatic nitrogens is 4. The Morgan fingerprint density at radius 3 is 2.79 bits per heavy atom. The number of rotatable bonds is 10. The molecule has 0 spiro atoms. The Balaban J connectivity index is 1.81. The summed E-state index contributed by atoms with van der Waals surface area (Å²) >= 11 is 0. The summed E-state index contributed by atoms with van der Waals surface area (Å²) in [5.74, 6) is 1.10. The Labute approximate surface area is 167 Å². The molecule has 3 rings (SSSR count). The second-order valence-corrected chi connectivity index (χ2v) is 9.40. The van der Waals surface area contributed by atoms with Crippen molar-refractivity contribution in [2.45, 2.75) is 70.5 Å². The van der Waals surface area contributed by atoms with E-state index in [-0.39, 0.29) is 17.0 Å². The van der Waals surface area contributed by atoms with E-state index in [2.05, 4.69) is 26.4 Å². The summed E-state index contributed by atoms with van der Waals surface area (Å²) < 4.78 is 35.1. The summed E-state index contributed by atoms with van der Waals surface area (Å²) in [6.45, 7) is 7.39. The van der Waals surface area contributed by atoms with Gasteiger partial charge in [-0.15, -0.1) is 0 Å². The highest BCUT2D eigenvalue weighted by atomic mass is 32.2. The van der Waals surface area contributed by atoms with Crippen LogP contribution >= 0.6 is 0 Å². The molecule has 0 aliphatic carbocycles. The van der Waals surface area contributed by atoms with Crippen LogP contribution < -0.4 is 0 Å². The molecular weight excluding hydrogens is 378 g/mol. The fraction of sp³-hybridized carbons (Fsp3) is 0.684. The lowest BCUT2D eigenvalue weighted by atomic mass is 10.2. The maximum absolute atomic E-state index is 12.7. The molecule has 0 N–H and O–H groups in total. The summed E-state index contributed by atoms with van der Waals surface area (Å²) in [4.78, 5) is 10.9. The molecular formula is C19H31N5O3S. The number of sulfone groups is 1. The van der Waals surface area contributed by atoms with Crippen molar-refractivity contribution in [3.8, 4) is 0 Å². The van der Waals surface area contributed by atoms with Gasteiger partial charge in [0.1, 0.15) is 5.82 Å². The minimum Gasteiger partial charge on any atom is -0.376 e. The van der Waals surface area contributed by atoms with Crippen molar-refractivity contribution in [1.29, 1.82) is 0 Å². The predicted molar refractivity (Wildman–Crippen MR) is 107 cm³/mol. The van der Waals surface area contributed by atoms with Crippen LogP contribution in [0.25, 0.3) is 0 Å². The number of hydrogen-bond donors (Lipinski definition) is 0. The number of hydrogen-bond acceptors (Lipinski definition) is 6. The quantitative estimate of drug-likeness (QED) is 0.598. The molecule has 0 radical (unpaired) electrons. The third kappa shape index (κ3) is 4.82. The van der Waals surface area contributed by atoms with Gasteiger partial charge in [-0.25, -0.2) is 18.4 Å². The molecule has 2 aromatic rings. The van der Waals surface area contributed by atoms with Crippen molar-refractivity contribution >= 4 is 9.84 Å². The highest BCUT2D eigenvalue weighted by Crippen LogP contribution is 2.21. The summed E-state index contributed by atoms with van der Waals surface area (Å²) in [5, 5.41) is 0.170. The van der Waals surface area contributed by atoms with Crippen molar-refractivity contribution in [2.75, 3.05) is 19.4 Å². The Bertz CT molecular complexity index is 868. The fourth-order valence-electron chi connectivity index (χ4n) is 3.67. The number of ether oxygens (including phenoxy) is 1. The molecule has 2 aromatic heterocycles. The van der Waals surface area contributed by atoms with E-state index in [0.29, 0.717) is 26.1 Å². The average Bonchev–Trinajstić information content (AvgIpc) is 3.37. The van der Waals surface area contributed by atoms with Crippen LogP contribution in [0.1, 0.15) is 44.6 Å². The molecule has 1 aliphatic rings. The van der Waals surface area contributed by atoms with Crippen LogP contribution in [0.15, 0.2) is 23.7 Å². The van der Waals surface area contributed by atoms with Crippen LogP contribution in [0.5, 0.6) is 0 Å². The van der Waals surface area contributed by atoms with E-state index in [1.807, 2.05) is 30.9 Å². The molecule has 1 atom stereocenters. The second-order valence-electron chi connectivity index (χ2n) is 7.40. The molecule has 0 unspecified atom stereocenters. The van der Waals surface area contributed by atoms with Gasteiger partial charge >= 0.3 is 0 Å². The Morgan fingerprint density at radius 2 is 2.11 bits per heavy atom. The smallest absolute Gasteiger partial charge is 0.227 e. The molecule has 156 valence electrons. The first-order chi connectivity index (χ1) is 13.4. The predicted octanol–water partition coefficient (Wildman–Crippen LogP) is 2.09. The average molecular weight is 410 g/mol. The highest BCUT2D eigenvalue weighted by molar-refractivity contribution is 7.91. The van der Waals surface area contributed by atoms with Gasteiger partial charge in [0.25, 0.3) is 0 Å². The lowest BCUT2D eigenvalue weighted by Gasteiger charge is -2.20. The summed E-state index contributed by atoms with van der Waals surface area (Å²) in [5.41, 5.74) is 0.891. The van der Waals surface area contributed by atoms with Gasteiger partial charge in [-0.2, -0.15) is 0 Å². The molecule has 1 fully saturated rings. The van der Waals surface area contributed by atoms with Gasteiger partial charge in [-0.3, -0.25) is 4.90 Å². The zero-order valence-electron chi connectivity index (χ0n) is 17.0. The van der Waals surface area contributed by atoms with E-state index in [0.717, 1.165) is 37.5 Å². The standard InChI is InChI=1S/C19H31N5O3S/c1-4-11-28(25,26)19-21-12-16(24(19)14-17-7-6-10-27-17)13-22(3)15-18-20-8-9-23(18)5-2/h8-9,12,17H,4-7,10-11,13-15H2,1-3H3/t17-/m1/s1. The molecule has 1 aliphatic heterocycles. The number of imidazole rings is 2. The molecule has 3 heterocycles. The van der Waals surface area contributed by atoms with Gasteiger partial charge in [-0.05, 0) is 33.2 Å². The first-order valence-corrected chi connectivity index (χ1v) is 11.7. The molecule has 9 heteroatoms. The van der Waals surface area contributed by atoms with Gasteiger partial charge in [0, 0.05) is 32.1 Å². The van der Waals surface area contributed by atoms with Crippen LogP contribution in [0, 0.1) is 0 Å². The van der Waals surface area contributed by atoms with Crippen molar-refractivity contribution in [1.82, 2.24) is 24.0 Å². The normalized spacial score (nSPS) is 17.6. The van der Waals surface area contributed by atoms with E-state index < -0.39 is 9.84 Å². The Morgan fingerprint density at radius 1 is 1.29 bits per heavy atom. The first-order valence-electron chi connectivity index (χ1n) is 10.0. The summed E-state index contributed by atoms with van der Waals surface area (Å²) in [7, 11) is -1.38. The van der Waals surface area contributed by atoms with Gasteiger partial charge in [0.15, 0.2) is 0 Å². The van der Waals surface area contributed by atoms with E-state index >= 15 is 0 Å². The maximum atomic E-state index is 12.7. The van der Waals surface area contributed by atoms with Crippen molar-refractivity contribution in [3.63, 3.8) is 0 Å². The number of aryl methyl sites for hydroxylation is 1. The molecule has 0 amide bonds. The van der Waals surface area contributed by atoms with Crippen molar-refractivity contribution in [2.24, 2.45) is 0 Å². The largest absolute Gasteiger partial charge is 0.376 e. The Hall–Kier alpha value is -1.71. The highest BCUT2D eigenvalue weighted by Gasteiger charge is 2.26. The van der Waals surface area contributed by atoms with Gasteiger partial charge in [-0.1, -0.05) is 6.92 Å². The lowest BCUT2D eigenvalue weighted by molar-refractivity contribution is 0.0934. The van der Waals surface area contributed by atoms with E-state index in [1.54, 1.807) is 6.20 Å². The molecule has 0 aromatic carbocycles. The Kier molecular flexibility index (Phi) is 6.90. The molecule has 0 bridgehead atoms. The zero-order chi connectivity index (χ0) is 20.1. The van der Waals surface area contributed by atoms with Crippen LogP contribution in [-0.4, -0.2) is 57.9 Å². The summed E-state index contributed by atoms with van der Waals surface area (Å²) in [6, 6.07) is 0. The summed E-state index contributed by atoms with van der Waals surface area (Å²) in [6.07, 6.45) is 8.07. The molecule has 8 nitrogen and oxygen atoms in total. The topological polar surface area (TPSA) is 82.3 Å².